The van der Waals surface area contributed by atoms with E-state index < -0.39 is 0 Å². The minimum Gasteiger partial charge on any atom is -0.508 e. The summed E-state index contributed by atoms with van der Waals surface area (Å²) in [6.45, 7) is 0. The SMILES string of the molecule is Oc1ccccc1-c1ccc[c-]n1.Oc1ccccc1-c1ccc[c-]n1.[Be+2]. The van der Waals surface area contributed by atoms with Crippen molar-refractivity contribution in [3.05, 3.63) is 97.3 Å². The zero-order valence-corrected chi connectivity index (χ0v) is 14.6. The molecule has 5 heteroatoms. The van der Waals surface area contributed by atoms with Crippen molar-refractivity contribution in [1.29, 1.82) is 0 Å². The van der Waals surface area contributed by atoms with Gasteiger partial charge in [0.1, 0.15) is 11.5 Å². The number of benzene rings is 2. The van der Waals surface area contributed by atoms with Gasteiger partial charge in [-0.1, -0.05) is 48.8 Å². The Labute approximate surface area is 162 Å². The molecule has 4 nitrogen and oxygen atoms in total. The topological polar surface area (TPSA) is 66.2 Å². The molecule has 0 radical (unpaired) electrons. The first-order valence-electron chi connectivity index (χ1n) is 7.98. The molecule has 2 heterocycles. The van der Waals surface area contributed by atoms with Gasteiger partial charge in [-0.05, 0) is 34.6 Å². The number of rotatable bonds is 2. The molecule has 0 saturated carbocycles. The third-order valence-electron chi connectivity index (χ3n) is 3.58. The van der Waals surface area contributed by atoms with Crippen LogP contribution in [0.25, 0.3) is 22.5 Å². The maximum atomic E-state index is 9.51. The van der Waals surface area contributed by atoms with E-state index in [4.69, 9.17) is 0 Å². The van der Waals surface area contributed by atoms with Gasteiger partial charge in [-0.2, -0.15) is 24.3 Å². The van der Waals surface area contributed by atoms with Gasteiger partial charge in [0.2, 0.25) is 0 Å². The van der Waals surface area contributed by atoms with E-state index in [9.17, 15) is 10.2 Å². The number of hydrogen-bond donors (Lipinski definition) is 2. The van der Waals surface area contributed by atoms with Crippen molar-refractivity contribution in [3.8, 4) is 34.0 Å². The number of pyridine rings is 2. The molecular weight excluding hydrogens is 333 g/mol. The first-order chi connectivity index (χ1) is 12.8. The second-order valence-corrected chi connectivity index (χ2v) is 5.34. The Morgan fingerprint density at radius 1 is 0.556 bits per heavy atom. The summed E-state index contributed by atoms with van der Waals surface area (Å²) in [6.07, 6.45) is 5.45. The van der Waals surface area contributed by atoms with Gasteiger partial charge in [-0.15, -0.1) is 12.1 Å². The van der Waals surface area contributed by atoms with E-state index in [1.165, 1.54) is 0 Å². The summed E-state index contributed by atoms with van der Waals surface area (Å²) >= 11 is 0. The van der Waals surface area contributed by atoms with Crippen LogP contribution < -0.4 is 0 Å². The van der Waals surface area contributed by atoms with Crippen LogP contribution in [-0.2, 0) is 0 Å². The van der Waals surface area contributed by atoms with Crippen LogP contribution in [0.1, 0.15) is 0 Å². The van der Waals surface area contributed by atoms with Gasteiger partial charge >= 0.3 is 10.1 Å². The number of aromatic nitrogens is 2. The largest absolute Gasteiger partial charge is 2.00 e. The van der Waals surface area contributed by atoms with Crippen LogP contribution >= 0.6 is 0 Å². The first kappa shape index (κ1) is 19.8. The minimum absolute atomic E-state index is 0. The molecule has 128 valence electrons. The quantitative estimate of drug-likeness (QED) is 0.422. The van der Waals surface area contributed by atoms with Crippen molar-refractivity contribution in [2.45, 2.75) is 0 Å². The normalized spacial score (nSPS) is 9.48. The first-order valence-corrected chi connectivity index (χ1v) is 7.98. The van der Waals surface area contributed by atoms with Crippen LogP contribution in [0, 0.1) is 12.4 Å². The maximum absolute atomic E-state index is 9.51. The van der Waals surface area contributed by atoms with Crippen molar-refractivity contribution in [2.24, 2.45) is 0 Å². The van der Waals surface area contributed by atoms with Crippen molar-refractivity contribution in [3.63, 3.8) is 0 Å². The number of phenols is 2. The summed E-state index contributed by atoms with van der Waals surface area (Å²) in [5, 5.41) is 19.0. The van der Waals surface area contributed by atoms with E-state index in [1.807, 2.05) is 48.5 Å². The molecule has 27 heavy (non-hydrogen) atoms. The van der Waals surface area contributed by atoms with Crippen LogP contribution in [0.3, 0.4) is 0 Å². The van der Waals surface area contributed by atoms with Gasteiger partial charge in [-0.3, -0.25) is 0 Å². The smallest absolute Gasteiger partial charge is 0.508 e. The fourth-order valence-corrected chi connectivity index (χ4v) is 2.33. The summed E-state index contributed by atoms with van der Waals surface area (Å²) < 4.78 is 0. The monoisotopic (exact) mass is 349 g/mol. The third kappa shape index (κ3) is 5.24. The molecule has 0 fully saturated rings. The summed E-state index contributed by atoms with van der Waals surface area (Å²) in [5.41, 5.74) is 2.94. The molecule has 4 rings (SSSR count). The van der Waals surface area contributed by atoms with Crippen molar-refractivity contribution < 1.29 is 10.2 Å². The van der Waals surface area contributed by atoms with E-state index in [0.29, 0.717) is 0 Å². The van der Waals surface area contributed by atoms with Crippen molar-refractivity contribution in [2.75, 3.05) is 0 Å². The second kappa shape index (κ2) is 9.85. The fourth-order valence-electron chi connectivity index (χ4n) is 2.33. The molecule has 0 spiro atoms. The zero-order valence-electron chi connectivity index (χ0n) is 14.6. The maximum Gasteiger partial charge on any atom is 2.00 e. The van der Waals surface area contributed by atoms with E-state index >= 15 is 0 Å². The summed E-state index contributed by atoms with van der Waals surface area (Å²) in [6, 6.07) is 25.0. The molecule has 0 unspecified atom stereocenters. The van der Waals surface area contributed by atoms with Crippen LogP contribution in [0.15, 0.2) is 84.9 Å². The molecule has 2 aromatic heterocycles. The van der Waals surface area contributed by atoms with Crippen LogP contribution in [0.5, 0.6) is 11.5 Å². The molecule has 2 N–H and O–H groups in total. The van der Waals surface area contributed by atoms with Gasteiger partial charge in [-0.25, -0.2) is 0 Å². The average molecular weight is 349 g/mol. The number of phenolic OH excluding ortho intramolecular Hbond substituents is 2. The number of para-hydroxylation sites is 2. The van der Waals surface area contributed by atoms with Crippen LogP contribution in [0.2, 0.25) is 0 Å². The number of nitrogens with zero attached hydrogens (tertiary/aromatic N) is 2. The minimum atomic E-state index is 0. The van der Waals surface area contributed by atoms with Gasteiger partial charge in [0.25, 0.3) is 0 Å². The molecule has 0 aliphatic heterocycles. The van der Waals surface area contributed by atoms with E-state index in [1.54, 1.807) is 36.4 Å². The molecule has 0 aliphatic rings. The Kier molecular flexibility index (Phi) is 7.24. The predicted octanol–water partition coefficient (Wildman–Crippen LogP) is 4.13. The summed E-state index contributed by atoms with van der Waals surface area (Å²) in [5.74, 6) is 0.490. The Hall–Kier alpha value is -3.49. The Morgan fingerprint density at radius 3 is 1.30 bits per heavy atom. The van der Waals surface area contributed by atoms with Crippen molar-refractivity contribution >= 4 is 10.1 Å². The van der Waals surface area contributed by atoms with Gasteiger partial charge < -0.3 is 20.2 Å². The van der Waals surface area contributed by atoms with E-state index in [-0.39, 0.29) is 21.6 Å². The molecule has 2 aromatic carbocycles. The molecule has 0 bridgehead atoms. The standard InChI is InChI=1S/2C11H8NO.Be/c2*13-11-7-2-1-5-9(11)10-6-3-4-8-12-10;/h2*1-7,13H;/q2*-1;+2. The summed E-state index contributed by atoms with van der Waals surface area (Å²) in [7, 11) is 0. The van der Waals surface area contributed by atoms with E-state index in [0.717, 1.165) is 22.5 Å². The molecule has 0 amide bonds. The van der Waals surface area contributed by atoms with Crippen molar-refractivity contribution in [1.82, 2.24) is 9.97 Å². The van der Waals surface area contributed by atoms with Gasteiger partial charge in [0.05, 0.1) is 0 Å². The number of aromatic hydroxyl groups is 2. The molecule has 0 atom stereocenters. The number of hydrogen-bond acceptors (Lipinski definition) is 4. The Balaban J connectivity index is 0.000000187. The average Bonchev–Trinajstić information content (AvgIpc) is 2.71. The molecule has 0 saturated heterocycles. The molecule has 4 aromatic rings. The van der Waals surface area contributed by atoms with E-state index in [2.05, 4.69) is 22.4 Å². The Bertz CT molecular complexity index is 883. The Morgan fingerprint density at radius 2 is 0.963 bits per heavy atom. The zero-order chi connectivity index (χ0) is 18.2. The summed E-state index contributed by atoms with van der Waals surface area (Å²) in [4.78, 5) is 8.05. The molecule has 0 aliphatic carbocycles. The predicted molar refractivity (Wildman–Crippen MR) is 106 cm³/mol. The second-order valence-electron chi connectivity index (χ2n) is 5.34. The van der Waals surface area contributed by atoms with Gasteiger partial charge in [0, 0.05) is 0 Å². The van der Waals surface area contributed by atoms with Crippen LogP contribution in [-0.4, -0.2) is 30.3 Å². The van der Waals surface area contributed by atoms with Crippen LogP contribution in [0.4, 0.5) is 0 Å². The third-order valence-corrected chi connectivity index (χ3v) is 3.58. The fraction of sp³-hybridized carbons (Fsp3) is 0. The molecular formula is C22H16BeN2O2. The van der Waals surface area contributed by atoms with Gasteiger partial charge in [0.15, 0.2) is 0 Å².